The first-order valence-corrected chi connectivity index (χ1v) is 3.37. The van der Waals surface area contributed by atoms with E-state index < -0.39 is 0 Å². The number of nitrogens with one attached hydrogen (secondary N) is 2. The topological polar surface area (TPSA) is 50.1 Å². The molecule has 4 N–H and O–H groups in total. The van der Waals surface area contributed by atoms with Gasteiger partial charge in [0, 0.05) is 13.6 Å². The van der Waals surface area contributed by atoms with Crippen molar-refractivity contribution in [3.63, 3.8) is 0 Å². The lowest BCUT2D eigenvalue weighted by Gasteiger charge is -2.04. The van der Waals surface area contributed by atoms with Gasteiger partial charge in [0.05, 0.1) is 0 Å². The Balaban J connectivity index is -0.000000320. The smallest absolute Gasteiger partial charge is 0.166 e. The largest absolute Gasteiger partial charge is 0.366 e. The van der Waals surface area contributed by atoms with E-state index in [4.69, 9.17) is 18.0 Å². The molecule has 0 fully saturated rings. The van der Waals surface area contributed by atoms with Gasteiger partial charge in [0.1, 0.15) is 0 Å². The van der Waals surface area contributed by atoms with E-state index in [1.54, 1.807) is 7.05 Å². The van der Waals surface area contributed by atoms with Crippen molar-refractivity contribution < 1.29 is 0 Å². The molecule has 6 heteroatoms. The number of hydrogen-bond donors (Lipinski definition) is 3. The molecule has 0 rings (SSSR count). The molecule has 0 aromatic carbocycles. The highest BCUT2D eigenvalue weighted by molar-refractivity contribution is 8.93. The first-order chi connectivity index (χ1) is 4.31. The van der Waals surface area contributed by atoms with Gasteiger partial charge in [-0.2, -0.15) is 0 Å². The van der Waals surface area contributed by atoms with Crippen LogP contribution >= 0.6 is 46.2 Å². The van der Waals surface area contributed by atoms with Crippen molar-refractivity contribution in [1.82, 2.24) is 10.6 Å². The summed E-state index contributed by atoms with van der Waals surface area (Å²) in [4.78, 5) is 0. The molecular formula is C5H15Br2N3S. The second-order valence-corrected chi connectivity index (χ2v) is 2.06. The molecule has 70 valence electrons. The molecule has 0 aliphatic carbocycles. The molecule has 0 saturated carbocycles. The van der Waals surface area contributed by atoms with Crippen molar-refractivity contribution >= 4 is 51.3 Å². The number of nitrogens with two attached hydrogens (primary N) is 1. The van der Waals surface area contributed by atoms with E-state index in [2.05, 4.69) is 10.6 Å². The van der Waals surface area contributed by atoms with Crippen LogP contribution in [0.4, 0.5) is 0 Å². The monoisotopic (exact) mass is 307 g/mol. The zero-order valence-corrected chi connectivity index (χ0v) is 10.7. The minimum absolute atomic E-state index is 0. The molecule has 0 aliphatic rings. The van der Waals surface area contributed by atoms with Gasteiger partial charge in [0.2, 0.25) is 0 Å². The second kappa shape index (κ2) is 13.2. The molecule has 0 radical (unpaired) electrons. The van der Waals surface area contributed by atoms with E-state index in [-0.39, 0.29) is 34.0 Å². The van der Waals surface area contributed by atoms with Gasteiger partial charge in [-0.15, -0.1) is 34.0 Å². The third-order valence-corrected chi connectivity index (χ3v) is 1.24. The van der Waals surface area contributed by atoms with Crippen molar-refractivity contribution in [2.45, 2.75) is 6.42 Å². The van der Waals surface area contributed by atoms with Gasteiger partial charge >= 0.3 is 0 Å². The molecule has 0 saturated heterocycles. The summed E-state index contributed by atoms with van der Waals surface area (Å²) in [5.74, 6) is 0. The van der Waals surface area contributed by atoms with Gasteiger partial charge in [-0.1, -0.05) is 0 Å². The average Bonchev–Trinajstić information content (AvgIpc) is 1.89. The second-order valence-electron chi connectivity index (χ2n) is 1.65. The lowest BCUT2D eigenvalue weighted by molar-refractivity contribution is 0.777. The summed E-state index contributed by atoms with van der Waals surface area (Å²) in [5, 5.41) is 6.46. The van der Waals surface area contributed by atoms with E-state index >= 15 is 0 Å². The van der Waals surface area contributed by atoms with Crippen molar-refractivity contribution in [1.29, 1.82) is 0 Å². The molecule has 0 atom stereocenters. The van der Waals surface area contributed by atoms with Crippen LogP contribution in [0.3, 0.4) is 0 Å². The number of halogens is 2. The van der Waals surface area contributed by atoms with E-state index in [9.17, 15) is 0 Å². The first-order valence-electron chi connectivity index (χ1n) is 2.97. The average molecular weight is 309 g/mol. The predicted octanol–water partition coefficient (Wildman–Crippen LogP) is 0.585. The van der Waals surface area contributed by atoms with Crippen LogP contribution in [0.2, 0.25) is 0 Å². The molecule has 0 unspecified atom stereocenters. The van der Waals surface area contributed by atoms with Gasteiger partial charge in [-0.25, -0.2) is 0 Å². The molecule has 0 aromatic rings. The van der Waals surface area contributed by atoms with Gasteiger partial charge in [-0.3, -0.25) is 0 Å². The molecule has 0 aromatic heterocycles. The van der Waals surface area contributed by atoms with Gasteiger partial charge in [-0.05, 0) is 25.2 Å². The van der Waals surface area contributed by atoms with Gasteiger partial charge in [0.15, 0.2) is 5.11 Å². The highest BCUT2D eigenvalue weighted by atomic mass is 79.9. The SMILES string of the molecule is Br.Br.CNC(=S)NCCCN. The summed E-state index contributed by atoms with van der Waals surface area (Å²) in [5.41, 5.74) is 5.25. The van der Waals surface area contributed by atoms with Crippen LogP contribution < -0.4 is 16.4 Å². The van der Waals surface area contributed by atoms with Crippen molar-refractivity contribution in [3.05, 3.63) is 0 Å². The molecule has 0 spiro atoms. The lowest BCUT2D eigenvalue weighted by atomic mass is 10.4. The van der Waals surface area contributed by atoms with Crippen LogP contribution in [0, 0.1) is 0 Å². The Morgan fingerprint density at radius 1 is 1.45 bits per heavy atom. The van der Waals surface area contributed by atoms with E-state index in [1.807, 2.05) is 0 Å². The molecule has 0 heterocycles. The Kier molecular flexibility index (Phi) is 21.2. The summed E-state index contributed by atoms with van der Waals surface area (Å²) in [7, 11) is 1.79. The Morgan fingerprint density at radius 2 is 2.00 bits per heavy atom. The van der Waals surface area contributed by atoms with Crippen LogP contribution in [-0.2, 0) is 0 Å². The molecule has 11 heavy (non-hydrogen) atoms. The summed E-state index contributed by atoms with van der Waals surface area (Å²) < 4.78 is 0. The Labute approximate surface area is 94.0 Å². The summed E-state index contributed by atoms with van der Waals surface area (Å²) in [6.45, 7) is 1.56. The number of thiocarbonyl (C=S) groups is 1. The van der Waals surface area contributed by atoms with Gasteiger partial charge < -0.3 is 16.4 Å². The fourth-order valence-corrected chi connectivity index (χ4v) is 0.494. The van der Waals surface area contributed by atoms with E-state index in [1.165, 1.54) is 0 Å². The highest BCUT2D eigenvalue weighted by Gasteiger charge is 1.86. The van der Waals surface area contributed by atoms with Crippen LogP contribution in [0.1, 0.15) is 6.42 Å². The number of rotatable bonds is 3. The maximum absolute atomic E-state index is 5.25. The maximum Gasteiger partial charge on any atom is 0.166 e. The van der Waals surface area contributed by atoms with Crippen molar-refractivity contribution in [2.24, 2.45) is 5.73 Å². The van der Waals surface area contributed by atoms with Crippen LogP contribution in [0.25, 0.3) is 0 Å². The molecule has 3 nitrogen and oxygen atoms in total. The quantitative estimate of drug-likeness (QED) is 0.527. The normalized spacial score (nSPS) is 7.09. The van der Waals surface area contributed by atoms with Gasteiger partial charge in [0.25, 0.3) is 0 Å². The summed E-state index contributed by atoms with van der Waals surface area (Å²) in [6.07, 6.45) is 0.960. The molecular weight excluding hydrogens is 294 g/mol. The number of hydrogen-bond acceptors (Lipinski definition) is 2. The Bertz CT molecular complexity index is 91.8. The van der Waals surface area contributed by atoms with Crippen molar-refractivity contribution in [3.8, 4) is 0 Å². The standard InChI is InChI=1S/C5H13N3S.2BrH/c1-7-5(9)8-4-2-3-6;;/h2-4,6H2,1H3,(H2,7,8,9);2*1H. The minimum Gasteiger partial charge on any atom is -0.366 e. The third-order valence-electron chi connectivity index (χ3n) is 0.894. The van der Waals surface area contributed by atoms with Crippen LogP contribution in [-0.4, -0.2) is 25.2 Å². The maximum atomic E-state index is 5.25. The molecule has 0 bridgehead atoms. The predicted molar refractivity (Wildman–Crippen MR) is 64.0 cm³/mol. The lowest BCUT2D eigenvalue weighted by Crippen LogP contribution is -2.33. The Hall–Kier alpha value is 0.610. The summed E-state index contributed by atoms with van der Waals surface area (Å²) >= 11 is 4.81. The zero-order chi connectivity index (χ0) is 7.11. The van der Waals surface area contributed by atoms with Crippen LogP contribution in [0.15, 0.2) is 0 Å². The first kappa shape index (κ1) is 17.6. The third kappa shape index (κ3) is 13.6. The highest BCUT2D eigenvalue weighted by Crippen LogP contribution is 1.69. The zero-order valence-electron chi connectivity index (χ0n) is 6.42. The summed E-state index contributed by atoms with van der Waals surface area (Å²) in [6, 6.07) is 0. The fourth-order valence-electron chi connectivity index (χ4n) is 0.392. The van der Waals surface area contributed by atoms with Crippen molar-refractivity contribution in [2.75, 3.05) is 20.1 Å². The minimum atomic E-state index is 0. The van der Waals surface area contributed by atoms with Crippen LogP contribution in [0.5, 0.6) is 0 Å². The molecule has 0 aliphatic heterocycles. The Morgan fingerprint density at radius 3 is 2.36 bits per heavy atom. The van der Waals surface area contributed by atoms with E-state index in [0.717, 1.165) is 13.0 Å². The fraction of sp³-hybridized carbons (Fsp3) is 0.800. The molecule has 0 amide bonds. The van der Waals surface area contributed by atoms with E-state index in [0.29, 0.717) is 11.7 Å².